The molecule has 0 bridgehead atoms. The molecule has 1 unspecified atom stereocenters. The zero-order valence-electron chi connectivity index (χ0n) is 13.9. The van der Waals surface area contributed by atoms with Crippen molar-refractivity contribution >= 4 is 43.2 Å². The third-order valence-corrected chi connectivity index (χ3v) is 6.00. The topological polar surface area (TPSA) is 71.2 Å². The van der Waals surface area contributed by atoms with Gasteiger partial charge < -0.3 is 16.0 Å². The number of carbonyl (C=O) groups excluding carboxylic acids is 1. The molecule has 0 radical (unpaired) electrons. The maximum atomic E-state index is 12.3. The number of benzene rings is 1. The highest BCUT2D eigenvalue weighted by Gasteiger charge is 2.15. The van der Waals surface area contributed by atoms with E-state index in [1.165, 1.54) is 16.9 Å². The molecule has 1 atom stereocenters. The smallest absolute Gasteiger partial charge is 0.261 e. The van der Waals surface area contributed by atoms with Crippen molar-refractivity contribution in [3.63, 3.8) is 0 Å². The van der Waals surface area contributed by atoms with Crippen molar-refractivity contribution in [1.29, 1.82) is 0 Å². The molecule has 7 heteroatoms. The first-order chi connectivity index (χ1) is 11.4. The highest BCUT2D eigenvalue weighted by atomic mass is 32.1. The first-order valence-corrected chi connectivity index (χ1v) is 9.25. The molecule has 0 spiro atoms. The van der Waals surface area contributed by atoms with Crippen molar-refractivity contribution in [2.45, 2.75) is 13.0 Å². The minimum atomic E-state index is -0.214. The summed E-state index contributed by atoms with van der Waals surface area (Å²) in [5, 5.41) is 3.86. The van der Waals surface area contributed by atoms with E-state index in [-0.39, 0.29) is 11.9 Å². The Labute approximate surface area is 149 Å². The van der Waals surface area contributed by atoms with E-state index in [0.29, 0.717) is 11.4 Å². The lowest BCUT2D eigenvalue weighted by atomic mass is 10.1. The molecule has 3 N–H and O–H groups in total. The fraction of sp³-hybridized carbons (Fsp3) is 0.294. The Hall–Kier alpha value is -1.96. The minimum absolute atomic E-state index is 0.0980. The molecule has 0 saturated carbocycles. The van der Waals surface area contributed by atoms with E-state index >= 15 is 0 Å². The van der Waals surface area contributed by atoms with Gasteiger partial charge in [-0.3, -0.25) is 4.79 Å². The third-order valence-electron chi connectivity index (χ3n) is 3.67. The SMILES string of the molecule is Cc1ccc(C(N)CNC(=O)c2cc3sc(N(C)C)nc3s2)cc1. The van der Waals surface area contributed by atoms with Crippen molar-refractivity contribution in [2.24, 2.45) is 5.73 Å². The Balaban J connectivity index is 1.64. The fourth-order valence-electron chi connectivity index (χ4n) is 2.25. The molecule has 3 rings (SSSR count). The van der Waals surface area contributed by atoms with Gasteiger partial charge in [0.15, 0.2) is 5.13 Å². The Bertz CT molecular complexity index is 820. The van der Waals surface area contributed by atoms with Crippen LogP contribution >= 0.6 is 22.7 Å². The summed E-state index contributed by atoms with van der Waals surface area (Å²) in [4.78, 5) is 20.4. The molecule has 0 aliphatic rings. The number of thiophene rings is 1. The zero-order chi connectivity index (χ0) is 17.3. The normalized spacial score (nSPS) is 12.3. The molecule has 5 nitrogen and oxygen atoms in total. The lowest BCUT2D eigenvalue weighted by Gasteiger charge is -2.13. The fourth-order valence-corrected chi connectivity index (χ4v) is 4.30. The number of carbonyl (C=O) groups is 1. The van der Waals surface area contributed by atoms with Crippen LogP contribution in [0.3, 0.4) is 0 Å². The van der Waals surface area contributed by atoms with E-state index in [0.717, 1.165) is 20.2 Å². The van der Waals surface area contributed by atoms with Crippen LogP contribution in [-0.2, 0) is 0 Å². The van der Waals surface area contributed by atoms with Crippen LogP contribution in [0.25, 0.3) is 9.53 Å². The van der Waals surface area contributed by atoms with Crippen LogP contribution in [0.1, 0.15) is 26.8 Å². The second-order valence-corrected chi connectivity index (χ2v) is 7.94. The maximum absolute atomic E-state index is 12.3. The molecule has 0 saturated heterocycles. The quantitative estimate of drug-likeness (QED) is 0.733. The second kappa shape index (κ2) is 6.88. The maximum Gasteiger partial charge on any atom is 0.261 e. The molecule has 3 aromatic rings. The van der Waals surface area contributed by atoms with E-state index < -0.39 is 0 Å². The molecule has 0 aliphatic heterocycles. The molecule has 1 aromatic carbocycles. The molecule has 2 aromatic heterocycles. The molecular weight excluding hydrogens is 340 g/mol. The number of rotatable bonds is 5. The monoisotopic (exact) mass is 360 g/mol. The Kier molecular flexibility index (Phi) is 4.84. The van der Waals surface area contributed by atoms with Crippen LogP contribution in [0, 0.1) is 6.92 Å². The number of fused-ring (bicyclic) bond motifs is 1. The number of aryl methyl sites for hydroxylation is 1. The largest absolute Gasteiger partial charge is 0.354 e. The Morgan fingerprint density at radius 2 is 2.00 bits per heavy atom. The summed E-state index contributed by atoms with van der Waals surface area (Å²) in [7, 11) is 3.92. The zero-order valence-corrected chi connectivity index (χ0v) is 15.5. The highest BCUT2D eigenvalue weighted by molar-refractivity contribution is 7.29. The van der Waals surface area contributed by atoms with Crippen LogP contribution in [-0.4, -0.2) is 31.5 Å². The molecule has 1 amide bonds. The molecule has 0 aliphatic carbocycles. The van der Waals surface area contributed by atoms with Gasteiger partial charge in [-0.25, -0.2) is 4.98 Å². The second-order valence-electron chi connectivity index (χ2n) is 5.90. The summed E-state index contributed by atoms with van der Waals surface area (Å²) in [6.45, 7) is 2.44. The van der Waals surface area contributed by atoms with Gasteiger partial charge in [0.25, 0.3) is 5.91 Å². The van der Waals surface area contributed by atoms with Crippen LogP contribution in [0.2, 0.25) is 0 Å². The van der Waals surface area contributed by atoms with E-state index in [1.807, 2.05) is 56.3 Å². The molecular formula is C17H20N4OS2. The van der Waals surface area contributed by atoms with Gasteiger partial charge in [0, 0.05) is 26.7 Å². The summed E-state index contributed by atoms with van der Waals surface area (Å²) < 4.78 is 1.04. The minimum Gasteiger partial charge on any atom is -0.354 e. The van der Waals surface area contributed by atoms with Crippen molar-refractivity contribution in [1.82, 2.24) is 10.3 Å². The van der Waals surface area contributed by atoms with Gasteiger partial charge in [-0.05, 0) is 18.6 Å². The number of aromatic nitrogens is 1. The van der Waals surface area contributed by atoms with Crippen LogP contribution in [0.5, 0.6) is 0 Å². The number of amides is 1. The van der Waals surface area contributed by atoms with Gasteiger partial charge in [-0.2, -0.15) is 0 Å². The summed E-state index contributed by atoms with van der Waals surface area (Å²) in [6, 6.07) is 9.74. The van der Waals surface area contributed by atoms with Crippen molar-refractivity contribution in [3.05, 3.63) is 46.3 Å². The number of hydrogen-bond donors (Lipinski definition) is 2. The lowest BCUT2D eigenvalue weighted by molar-refractivity contribution is 0.0955. The standard InChI is InChI=1S/C17H20N4OS2/c1-10-4-6-11(7-5-10)12(18)9-19-15(22)13-8-14-16(23-13)20-17(24-14)21(2)3/h4-8,12H,9,18H2,1-3H3,(H,19,22). The van der Waals surface area contributed by atoms with E-state index in [9.17, 15) is 4.79 Å². The van der Waals surface area contributed by atoms with Crippen LogP contribution < -0.4 is 16.0 Å². The van der Waals surface area contributed by atoms with Crippen molar-refractivity contribution in [3.8, 4) is 0 Å². The molecule has 2 heterocycles. The summed E-state index contributed by atoms with van der Waals surface area (Å²) >= 11 is 3.00. The van der Waals surface area contributed by atoms with Gasteiger partial charge in [-0.1, -0.05) is 41.2 Å². The van der Waals surface area contributed by atoms with E-state index in [2.05, 4.69) is 10.3 Å². The van der Waals surface area contributed by atoms with Crippen molar-refractivity contribution in [2.75, 3.05) is 25.5 Å². The van der Waals surface area contributed by atoms with Gasteiger partial charge in [0.05, 0.1) is 9.58 Å². The lowest BCUT2D eigenvalue weighted by Crippen LogP contribution is -2.31. The number of anilines is 1. The average molecular weight is 361 g/mol. The third kappa shape index (κ3) is 3.58. The Morgan fingerprint density at radius 3 is 2.62 bits per heavy atom. The van der Waals surface area contributed by atoms with Crippen LogP contribution in [0.15, 0.2) is 30.3 Å². The van der Waals surface area contributed by atoms with Gasteiger partial charge in [0.2, 0.25) is 0 Å². The summed E-state index contributed by atoms with van der Waals surface area (Å²) in [6.07, 6.45) is 0. The molecule has 0 fully saturated rings. The van der Waals surface area contributed by atoms with Gasteiger partial charge in [-0.15, -0.1) is 11.3 Å². The van der Waals surface area contributed by atoms with E-state index in [1.54, 1.807) is 11.3 Å². The number of nitrogens with two attached hydrogens (primary N) is 1. The highest BCUT2D eigenvalue weighted by Crippen LogP contribution is 2.33. The van der Waals surface area contributed by atoms with Crippen molar-refractivity contribution < 1.29 is 4.79 Å². The summed E-state index contributed by atoms with van der Waals surface area (Å²) in [5.74, 6) is -0.0980. The number of hydrogen-bond acceptors (Lipinski definition) is 6. The van der Waals surface area contributed by atoms with Crippen LogP contribution in [0.4, 0.5) is 5.13 Å². The van der Waals surface area contributed by atoms with Gasteiger partial charge >= 0.3 is 0 Å². The average Bonchev–Trinajstić information content (AvgIpc) is 3.11. The number of nitrogens with zero attached hydrogens (tertiary/aromatic N) is 2. The van der Waals surface area contributed by atoms with Gasteiger partial charge in [0.1, 0.15) is 4.83 Å². The predicted molar refractivity (Wildman–Crippen MR) is 102 cm³/mol. The summed E-state index contributed by atoms with van der Waals surface area (Å²) in [5.41, 5.74) is 8.36. The first-order valence-electron chi connectivity index (χ1n) is 7.62. The first kappa shape index (κ1) is 16.9. The predicted octanol–water partition coefficient (Wildman–Crippen LogP) is 3.16. The van der Waals surface area contributed by atoms with E-state index in [4.69, 9.17) is 5.73 Å². The Morgan fingerprint density at radius 1 is 1.29 bits per heavy atom. The number of nitrogens with one attached hydrogen (secondary N) is 1. The molecule has 24 heavy (non-hydrogen) atoms. The number of thiazole rings is 1. The molecule has 126 valence electrons.